The Kier molecular flexibility index (Phi) is 4.84. The van der Waals surface area contributed by atoms with Gasteiger partial charge < -0.3 is 4.74 Å². The minimum Gasteiger partial charge on any atom is -0.423 e. The van der Waals surface area contributed by atoms with Crippen LogP contribution in [0.15, 0.2) is 30.3 Å². The third-order valence-electron chi connectivity index (χ3n) is 2.84. The van der Waals surface area contributed by atoms with E-state index in [9.17, 15) is 28.1 Å². The summed E-state index contributed by atoms with van der Waals surface area (Å²) in [6.45, 7) is 1.55. The summed E-state index contributed by atoms with van der Waals surface area (Å²) in [6.07, 6.45) is 0. The Morgan fingerprint density at radius 3 is 2.25 bits per heavy atom. The minimum atomic E-state index is -1.52. The van der Waals surface area contributed by atoms with E-state index in [0.717, 1.165) is 12.1 Å². The number of nitro benzene ring substituents is 1. The number of benzene rings is 2. The van der Waals surface area contributed by atoms with Gasteiger partial charge in [0.05, 0.1) is 10.5 Å². The summed E-state index contributed by atoms with van der Waals surface area (Å²) in [5.74, 6) is -0.654. The summed E-state index contributed by atoms with van der Waals surface area (Å²) in [6, 6.07) is 4.41. The summed E-state index contributed by atoms with van der Waals surface area (Å²) in [7, 11) is 0. The van der Waals surface area contributed by atoms with E-state index in [4.69, 9.17) is 0 Å². The van der Waals surface area contributed by atoms with Crippen LogP contribution in [0.4, 0.5) is 18.9 Å². The molecule has 0 atom stereocenters. The van der Waals surface area contributed by atoms with Crippen LogP contribution in [0.1, 0.15) is 22.8 Å². The molecule has 0 saturated carbocycles. The largest absolute Gasteiger partial charge is 0.423 e. The highest BCUT2D eigenvalue weighted by Crippen LogP contribution is 2.27. The number of esters is 1. The fourth-order valence-electron chi connectivity index (χ4n) is 1.84. The Morgan fingerprint density at radius 1 is 1.12 bits per heavy atom. The van der Waals surface area contributed by atoms with Crippen LogP contribution in [0.25, 0.3) is 0 Å². The van der Waals surface area contributed by atoms with E-state index in [0.29, 0.717) is 17.7 Å². The monoisotopic (exact) mass is 335 g/mol. The third kappa shape index (κ3) is 3.52. The zero-order valence-electron chi connectivity index (χ0n) is 12.1. The Balaban J connectivity index is 2.30. The molecule has 122 valence electrons. The van der Waals surface area contributed by atoms with Crippen LogP contribution in [0.2, 0.25) is 0 Å². The van der Waals surface area contributed by atoms with Crippen LogP contribution in [-0.4, -0.2) is 10.9 Å². The van der Waals surface area contributed by atoms with Gasteiger partial charge in [-0.15, -0.1) is 5.92 Å². The maximum absolute atomic E-state index is 13.8. The molecule has 2 aromatic carbocycles. The highest BCUT2D eigenvalue weighted by Gasteiger charge is 2.24. The second-order valence-electron chi connectivity index (χ2n) is 4.45. The molecule has 0 unspecified atom stereocenters. The molecule has 5 nitrogen and oxygen atoms in total. The van der Waals surface area contributed by atoms with Gasteiger partial charge in [0.15, 0.2) is 0 Å². The standard InChI is InChI=1S/C16H8F3NO4/c1-2-3-9-4-5-11(12(17)6-9)16(21)24-10-7-13(18)15(20(22)23)14(19)8-10/h4-8H,1H3. The van der Waals surface area contributed by atoms with Crippen LogP contribution in [0, 0.1) is 39.4 Å². The van der Waals surface area contributed by atoms with E-state index in [-0.39, 0.29) is 0 Å². The molecule has 0 aromatic heterocycles. The first-order valence-electron chi connectivity index (χ1n) is 6.41. The third-order valence-corrected chi connectivity index (χ3v) is 2.84. The van der Waals surface area contributed by atoms with Gasteiger partial charge in [-0.25, -0.2) is 9.18 Å². The lowest BCUT2D eigenvalue weighted by Crippen LogP contribution is -2.11. The van der Waals surface area contributed by atoms with Crippen LogP contribution in [-0.2, 0) is 0 Å². The van der Waals surface area contributed by atoms with E-state index < -0.39 is 45.3 Å². The van der Waals surface area contributed by atoms with Gasteiger partial charge in [0.25, 0.3) is 0 Å². The number of hydrogen-bond donors (Lipinski definition) is 0. The van der Waals surface area contributed by atoms with Gasteiger partial charge in [0, 0.05) is 17.7 Å². The van der Waals surface area contributed by atoms with Crippen molar-refractivity contribution in [3.63, 3.8) is 0 Å². The number of carbonyl (C=O) groups excluding carboxylic acids is 1. The van der Waals surface area contributed by atoms with Gasteiger partial charge in [-0.05, 0) is 25.1 Å². The fourth-order valence-corrected chi connectivity index (χ4v) is 1.84. The number of nitrogens with zero attached hydrogens (tertiary/aromatic N) is 1. The number of nitro groups is 1. The molecule has 0 aliphatic heterocycles. The lowest BCUT2D eigenvalue weighted by molar-refractivity contribution is -0.390. The highest BCUT2D eigenvalue weighted by atomic mass is 19.1. The Hall–Kier alpha value is -3.34. The number of carbonyl (C=O) groups is 1. The first kappa shape index (κ1) is 17.0. The smallest absolute Gasteiger partial charge is 0.346 e. The topological polar surface area (TPSA) is 69.4 Å². The molecule has 0 spiro atoms. The molecule has 0 aliphatic rings. The van der Waals surface area contributed by atoms with Crippen molar-refractivity contribution in [2.45, 2.75) is 6.92 Å². The molecule has 24 heavy (non-hydrogen) atoms. The fraction of sp³-hybridized carbons (Fsp3) is 0.0625. The Bertz CT molecular complexity index is 877. The van der Waals surface area contributed by atoms with E-state index in [1.165, 1.54) is 6.07 Å². The number of halogens is 3. The summed E-state index contributed by atoms with van der Waals surface area (Å²) in [5, 5.41) is 10.5. The molecule has 0 amide bonds. The summed E-state index contributed by atoms with van der Waals surface area (Å²) < 4.78 is 45.4. The van der Waals surface area contributed by atoms with Crippen molar-refractivity contribution in [3.8, 4) is 17.6 Å². The minimum absolute atomic E-state index is 0.332. The molecule has 0 bridgehead atoms. The second-order valence-corrected chi connectivity index (χ2v) is 4.45. The predicted octanol–water partition coefficient (Wildman–Crippen LogP) is 3.60. The molecule has 2 aromatic rings. The van der Waals surface area contributed by atoms with Crippen LogP contribution >= 0.6 is 0 Å². The molecule has 0 N–H and O–H groups in total. The molecule has 8 heteroatoms. The molecule has 0 heterocycles. The summed E-state index contributed by atoms with van der Waals surface area (Å²) in [5.41, 5.74) is -1.52. The van der Waals surface area contributed by atoms with E-state index in [1.54, 1.807) is 6.92 Å². The van der Waals surface area contributed by atoms with E-state index >= 15 is 0 Å². The van der Waals surface area contributed by atoms with Crippen LogP contribution < -0.4 is 4.74 Å². The molecule has 0 radical (unpaired) electrons. The maximum Gasteiger partial charge on any atom is 0.346 e. The average molecular weight is 335 g/mol. The zero-order chi connectivity index (χ0) is 17.9. The van der Waals surface area contributed by atoms with Crippen molar-refractivity contribution < 1.29 is 27.6 Å². The van der Waals surface area contributed by atoms with Gasteiger partial charge in [-0.2, -0.15) is 8.78 Å². The number of ether oxygens (including phenoxy) is 1. The van der Waals surface area contributed by atoms with E-state index in [1.807, 2.05) is 0 Å². The van der Waals surface area contributed by atoms with Crippen molar-refractivity contribution in [2.75, 3.05) is 0 Å². The molecule has 0 aliphatic carbocycles. The van der Waals surface area contributed by atoms with Crippen LogP contribution in [0.5, 0.6) is 5.75 Å². The Labute approximate surface area is 133 Å². The Morgan fingerprint density at radius 2 is 1.75 bits per heavy atom. The van der Waals surface area contributed by atoms with Gasteiger partial charge >= 0.3 is 11.7 Å². The maximum atomic E-state index is 13.8. The average Bonchev–Trinajstić information content (AvgIpc) is 2.46. The van der Waals surface area contributed by atoms with Gasteiger partial charge in [0.1, 0.15) is 11.6 Å². The van der Waals surface area contributed by atoms with Crippen molar-refractivity contribution >= 4 is 11.7 Å². The molecule has 0 saturated heterocycles. The molecular weight excluding hydrogens is 327 g/mol. The SMILES string of the molecule is CC#Cc1ccc(C(=O)Oc2cc(F)c([N+](=O)[O-])c(F)c2)c(F)c1. The zero-order valence-corrected chi connectivity index (χ0v) is 12.1. The van der Waals surface area contributed by atoms with Crippen LogP contribution in [0.3, 0.4) is 0 Å². The molecular formula is C16H8F3NO4. The second kappa shape index (κ2) is 6.83. The van der Waals surface area contributed by atoms with E-state index in [2.05, 4.69) is 16.6 Å². The molecule has 0 fully saturated rings. The first-order valence-corrected chi connectivity index (χ1v) is 6.41. The van der Waals surface area contributed by atoms with Gasteiger partial charge in [-0.3, -0.25) is 10.1 Å². The van der Waals surface area contributed by atoms with Gasteiger partial charge in [0.2, 0.25) is 11.6 Å². The van der Waals surface area contributed by atoms with Crippen molar-refractivity contribution in [3.05, 3.63) is 69.0 Å². The molecule has 2 rings (SSSR count). The van der Waals surface area contributed by atoms with Gasteiger partial charge in [-0.1, -0.05) is 5.92 Å². The normalized spacial score (nSPS) is 9.83. The summed E-state index contributed by atoms with van der Waals surface area (Å²) >= 11 is 0. The van der Waals surface area contributed by atoms with Crippen molar-refractivity contribution in [1.82, 2.24) is 0 Å². The summed E-state index contributed by atoms with van der Waals surface area (Å²) in [4.78, 5) is 21.1. The number of hydrogen-bond acceptors (Lipinski definition) is 4. The lowest BCUT2D eigenvalue weighted by Gasteiger charge is -2.06. The highest BCUT2D eigenvalue weighted by molar-refractivity contribution is 5.91. The first-order chi connectivity index (χ1) is 11.3. The van der Waals surface area contributed by atoms with Crippen molar-refractivity contribution in [2.24, 2.45) is 0 Å². The predicted molar refractivity (Wildman–Crippen MR) is 76.9 cm³/mol. The lowest BCUT2D eigenvalue weighted by atomic mass is 10.1. The number of rotatable bonds is 3. The quantitative estimate of drug-likeness (QED) is 0.282. The van der Waals surface area contributed by atoms with Crippen molar-refractivity contribution in [1.29, 1.82) is 0 Å².